The SMILES string of the molecule is BBC(=O)C(CSC1CCC1SCC(NC(C)(C)CC)C(=O)BB)NC(=O)C(C)(C)COC(C)(C)CCC. The first-order valence-electron chi connectivity index (χ1n) is 14.6. The molecule has 0 bridgehead atoms. The predicted octanol–water partition coefficient (Wildman–Crippen LogP) is 1.26. The molecule has 0 aromatic carbocycles. The summed E-state index contributed by atoms with van der Waals surface area (Å²) in [5.74, 6) is 1.22. The summed E-state index contributed by atoms with van der Waals surface area (Å²) in [6.45, 7) is 16.7. The molecule has 0 aliphatic heterocycles. The van der Waals surface area contributed by atoms with Gasteiger partial charge in [0, 0.05) is 27.5 Å². The van der Waals surface area contributed by atoms with Crippen molar-refractivity contribution in [2.24, 2.45) is 5.41 Å². The van der Waals surface area contributed by atoms with Crippen LogP contribution < -0.4 is 10.6 Å². The van der Waals surface area contributed by atoms with E-state index in [-0.39, 0.29) is 34.5 Å². The van der Waals surface area contributed by atoms with Gasteiger partial charge in [-0.15, -0.1) is 0 Å². The molecule has 2 N–H and O–H groups in total. The lowest BCUT2D eigenvalue weighted by atomic mass is 9.51. The van der Waals surface area contributed by atoms with E-state index in [9.17, 15) is 14.4 Å². The van der Waals surface area contributed by atoms with Gasteiger partial charge in [0.15, 0.2) is 14.3 Å². The molecule has 0 heterocycles. The van der Waals surface area contributed by atoms with E-state index in [0.717, 1.165) is 37.9 Å². The second-order valence-corrected chi connectivity index (χ2v) is 15.1. The average Bonchev–Trinajstić information content (AvgIpc) is 2.84. The maximum Gasteiger partial charge on any atom is 0.228 e. The van der Waals surface area contributed by atoms with Crippen molar-refractivity contribution in [3.8, 4) is 0 Å². The van der Waals surface area contributed by atoms with Gasteiger partial charge in [-0.05, 0) is 67.2 Å². The quantitative estimate of drug-likeness (QED) is 0.216. The molecule has 1 fully saturated rings. The molecule has 38 heavy (non-hydrogen) atoms. The fourth-order valence-electron chi connectivity index (χ4n) is 4.23. The van der Waals surface area contributed by atoms with E-state index in [0.29, 0.717) is 37.2 Å². The number of carbonyl (C=O) groups excluding carboxylic acids is 3. The first-order valence-corrected chi connectivity index (χ1v) is 16.7. The van der Waals surface area contributed by atoms with Gasteiger partial charge in [-0.2, -0.15) is 23.5 Å². The summed E-state index contributed by atoms with van der Waals surface area (Å²) in [5.41, 5.74) is -0.738. The molecule has 12 heteroatoms. The molecule has 4 atom stereocenters. The molecule has 4 unspecified atom stereocenters. The summed E-state index contributed by atoms with van der Waals surface area (Å²) in [6, 6.07) is -0.625. The Morgan fingerprint density at radius 3 is 1.87 bits per heavy atom. The number of rotatable bonds is 20. The van der Waals surface area contributed by atoms with Crippen LogP contribution in [0.15, 0.2) is 0 Å². The van der Waals surface area contributed by atoms with Crippen LogP contribution in [0.3, 0.4) is 0 Å². The zero-order valence-electron chi connectivity index (χ0n) is 25.8. The minimum absolute atomic E-state index is 0.0667. The average molecular weight is 564 g/mol. The van der Waals surface area contributed by atoms with Gasteiger partial charge in [0.1, 0.15) is 5.68 Å². The highest BCUT2D eigenvalue weighted by Crippen LogP contribution is 2.40. The van der Waals surface area contributed by atoms with Crippen molar-refractivity contribution in [2.75, 3.05) is 18.1 Å². The summed E-state index contributed by atoms with van der Waals surface area (Å²) in [4.78, 5) is 38.5. The van der Waals surface area contributed by atoms with E-state index < -0.39 is 11.5 Å². The van der Waals surface area contributed by atoms with E-state index in [1.165, 1.54) is 0 Å². The zero-order chi connectivity index (χ0) is 29.1. The number of hydrogen-bond acceptors (Lipinski definition) is 7. The molecule has 0 aromatic rings. The molecule has 1 aliphatic rings. The van der Waals surface area contributed by atoms with Crippen molar-refractivity contribution < 1.29 is 19.1 Å². The van der Waals surface area contributed by atoms with E-state index in [1.54, 1.807) is 11.8 Å². The highest BCUT2D eigenvalue weighted by atomic mass is 32.2. The first-order chi connectivity index (χ1) is 17.6. The lowest BCUT2D eigenvalue weighted by Gasteiger charge is -2.38. The van der Waals surface area contributed by atoms with Crippen LogP contribution in [0, 0.1) is 5.41 Å². The van der Waals surface area contributed by atoms with E-state index in [4.69, 9.17) is 4.74 Å². The number of ether oxygens (including phenoxy) is 1. The van der Waals surface area contributed by atoms with Crippen LogP contribution in [-0.4, -0.2) is 98.9 Å². The third-order valence-electron chi connectivity index (χ3n) is 7.62. The van der Waals surface area contributed by atoms with Gasteiger partial charge < -0.3 is 25.0 Å². The third kappa shape index (κ3) is 12.1. The molecule has 1 amide bonds. The minimum atomic E-state index is -0.725. The second-order valence-electron chi connectivity index (χ2n) is 12.6. The van der Waals surface area contributed by atoms with E-state index in [2.05, 4.69) is 52.2 Å². The van der Waals surface area contributed by atoms with Crippen LogP contribution in [-0.2, 0) is 19.1 Å². The maximum absolute atomic E-state index is 13.2. The summed E-state index contributed by atoms with van der Waals surface area (Å²) < 4.78 is 6.09. The largest absolute Gasteiger partial charge is 0.374 e. The Morgan fingerprint density at radius 1 is 0.921 bits per heavy atom. The normalized spacial score (nSPS) is 19.7. The van der Waals surface area contributed by atoms with Crippen molar-refractivity contribution in [3.63, 3.8) is 0 Å². The predicted molar refractivity (Wildman–Crippen MR) is 175 cm³/mol. The molecule has 0 spiro atoms. The Kier molecular flexibility index (Phi) is 15.2. The van der Waals surface area contributed by atoms with Crippen molar-refractivity contribution in [2.45, 2.75) is 121 Å². The minimum Gasteiger partial charge on any atom is -0.374 e. The summed E-state index contributed by atoms with van der Waals surface area (Å²) >= 11 is 3.67. The number of hydrogen-bond donors (Lipinski definition) is 2. The van der Waals surface area contributed by atoms with E-state index in [1.807, 2.05) is 41.1 Å². The Labute approximate surface area is 244 Å². The smallest absolute Gasteiger partial charge is 0.228 e. The molecule has 0 aromatic heterocycles. The van der Waals surface area contributed by atoms with Gasteiger partial charge in [-0.25, -0.2) is 0 Å². The molecule has 0 saturated heterocycles. The third-order valence-corrected chi connectivity index (χ3v) is 10.8. The van der Waals surface area contributed by atoms with Crippen LogP contribution in [0.4, 0.5) is 0 Å². The van der Waals surface area contributed by atoms with Crippen molar-refractivity contribution in [1.82, 2.24) is 10.6 Å². The summed E-state index contributed by atoms with van der Waals surface area (Å²) in [7, 11) is 4.72. The first kappa shape index (κ1) is 35.7. The molecule has 1 aliphatic carbocycles. The molecular formula is C26H52B4N2O4S2. The fourth-order valence-corrected chi connectivity index (χ4v) is 7.42. The molecule has 1 saturated carbocycles. The lowest BCUT2D eigenvalue weighted by Crippen LogP contribution is -2.52. The fraction of sp³-hybridized carbons (Fsp3) is 0.885. The summed E-state index contributed by atoms with van der Waals surface area (Å²) in [6.07, 6.45) is 5.15. The monoisotopic (exact) mass is 564 g/mol. The molecular weight excluding hydrogens is 512 g/mol. The van der Waals surface area contributed by atoms with Crippen LogP contribution >= 0.6 is 23.5 Å². The van der Waals surface area contributed by atoms with Crippen LogP contribution in [0.25, 0.3) is 0 Å². The number of thioether (sulfide) groups is 2. The number of carbonyl (C=O) groups is 3. The van der Waals surface area contributed by atoms with E-state index >= 15 is 0 Å². The van der Waals surface area contributed by atoms with Gasteiger partial charge in [-0.3, -0.25) is 4.79 Å². The van der Waals surface area contributed by atoms with Gasteiger partial charge in [-0.1, -0.05) is 20.3 Å². The number of nitrogens with one attached hydrogen (secondary N) is 2. The van der Waals surface area contributed by atoms with Gasteiger partial charge in [0.2, 0.25) is 5.91 Å². The zero-order valence-corrected chi connectivity index (χ0v) is 27.5. The molecule has 0 radical (unpaired) electrons. The van der Waals surface area contributed by atoms with Crippen molar-refractivity contribution >= 4 is 70.6 Å². The molecule has 214 valence electrons. The van der Waals surface area contributed by atoms with Gasteiger partial charge in [0.05, 0.1) is 50.9 Å². The van der Waals surface area contributed by atoms with Gasteiger partial charge in [0.25, 0.3) is 0 Å². The Morgan fingerprint density at radius 2 is 1.42 bits per heavy atom. The number of amides is 1. The van der Waals surface area contributed by atoms with Crippen LogP contribution in [0.5, 0.6) is 0 Å². The van der Waals surface area contributed by atoms with Crippen molar-refractivity contribution in [3.05, 3.63) is 0 Å². The van der Waals surface area contributed by atoms with Gasteiger partial charge >= 0.3 is 0 Å². The summed E-state index contributed by atoms with van der Waals surface area (Å²) in [5, 5.41) is 7.52. The lowest BCUT2D eigenvalue weighted by molar-refractivity contribution is -0.138. The molecule has 1 rings (SSSR count). The van der Waals surface area contributed by atoms with Crippen LogP contribution in [0.1, 0.15) is 87.5 Å². The maximum atomic E-state index is 13.2. The Balaban J connectivity index is 2.69. The van der Waals surface area contributed by atoms with Crippen molar-refractivity contribution in [1.29, 1.82) is 0 Å². The standard InChI is InChI=1S/C26H52B4N2O4S2/c1-9-13-26(7,8)36-16-24(3,4)23(35)31-17(21(33)29-27)14-37-19-11-12-20(19)38-15-18(22(34)30-28)32-25(5,6)10-2/h17-20,29-30,32H,9-16,27-28H2,1-8H3,(H,31,35). The highest BCUT2D eigenvalue weighted by Gasteiger charge is 2.37. The molecule has 6 nitrogen and oxygen atoms in total. The highest BCUT2D eigenvalue weighted by molar-refractivity contribution is 8.04. The Hall–Kier alpha value is -0.310. The Bertz CT molecular complexity index is 786. The van der Waals surface area contributed by atoms with Crippen LogP contribution in [0.2, 0.25) is 0 Å². The topological polar surface area (TPSA) is 84.5 Å². The second kappa shape index (κ2) is 16.2.